The number of hydrogen-bond acceptors (Lipinski definition) is 6. The van der Waals surface area contributed by atoms with Crippen LogP contribution in [-0.2, 0) is 4.79 Å². The number of halogens is 2. The van der Waals surface area contributed by atoms with E-state index in [0.717, 1.165) is 37.9 Å². The number of carbonyl (C=O) groups excluding carboxylic acids is 1. The van der Waals surface area contributed by atoms with E-state index < -0.39 is 0 Å². The molecule has 29 heavy (non-hydrogen) atoms. The van der Waals surface area contributed by atoms with E-state index in [0.29, 0.717) is 26.8 Å². The van der Waals surface area contributed by atoms with Crippen molar-refractivity contribution in [2.45, 2.75) is 19.1 Å². The van der Waals surface area contributed by atoms with Crippen molar-refractivity contribution in [1.29, 1.82) is 0 Å². The molecule has 0 atom stereocenters. The molecule has 1 N–H and O–H groups in total. The highest BCUT2D eigenvalue weighted by atomic mass is 35.5. The molecule has 2 aromatic carbocycles. The fourth-order valence-electron chi connectivity index (χ4n) is 2.89. The van der Waals surface area contributed by atoms with Gasteiger partial charge in [0.1, 0.15) is 4.88 Å². The number of nitrogens with one attached hydrogen (secondary N) is 1. The average Bonchev–Trinajstić information content (AvgIpc) is 3.28. The second-order valence-electron chi connectivity index (χ2n) is 6.39. The number of aromatic nitrogens is 2. The quantitative estimate of drug-likeness (QED) is 0.337. The van der Waals surface area contributed by atoms with Crippen LogP contribution in [0.2, 0.25) is 10.0 Å². The zero-order valence-electron chi connectivity index (χ0n) is 15.5. The van der Waals surface area contributed by atoms with E-state index >= 15 is 0 Å². The molecule has 0 bridgehead atoms. The molecule has 0 aliphatic rings. The number of carbonyl (C=O) groups is 1. The maximum Gasteiger partial charge on any atom is 0.277 e. The standard InChI is InChI=1S/C20H15Cl2N3O2S2/c1-10-7-11(2)17(13(21)8-10)23-15(26)9-28-20-25-24-19(27-20)18-16(22)12-5-3-4-6-14(12)29-18/h3-8H,9H2,1-2H3,(H,23,26). The van der Waals surface area contributed by atoms with Gasteiger partial charge in [-0.2, -0.15) is 0 Å². The van der Waals surface area contributed by atoms with Gasteiger partial charge in [0.2, 0.25) is 5.91 Å². The summed E-state index contributed by atoms with van der Waals surface area (Å²) >= 11 is 15.3. The number of benzene rings is 2. The third-order valence-corrected chi connectivity index (χ3v) is 6.94. The van der Waals surface area contributed by atoms with Crippen molar-refractivity contribution in [2.75, 3.05) is 11.1 Å². The van der Waals surface area contributed by atoms with Crippen LogP contribution in [0.5, 0.6) is 0 Å². The minimum atomic E-state index is -0.205. The van der Waals surface area contributed by atoms with Gasteiger partial charge in [-0.05, 0) is 37.1 Å². The third kappa shape index (κ3) is 4.28. The topological polar surface area (TPSA) is 68.0 Å². The molecule has 0 saturated heterocycles. The van der Waals surface area contributed by atoms with Gasteiger partial charge >= 0.3 is 0 Å². The Labute approximate surface area is 185 Å². The van der Waals surface area contributed by atoms with Crippen molar-refractivity contribution in [3.05, 3.63) is 57.6 Å². The van der Waals surface area contributed by atoms with Crippen LogP contribution in [0, 0.1) is 13.8 Å². The van der Waals surface area contributed by atoms with Crippen LogP contribution < -0.4 is 5.32 Å². The zero-order valence-corrected chi connectivity index (χ0v) is 18.6. The molecule has 0 aliphatic carbocycles. The Hall–Kier alpha value is -2.06. The molecule has 4 aromatic rings. The summed E-state index contributed by atoms with van der Waals surface area (Å²) in [5.41, 5.74) is 2.57. The fourth-order valence-corrected chi connectivity index (χ4v) is 5.25. The van der Waals surface area contributed by atoms with Crippen LogP contribution >= 0.6 is 46.3 Å². The van der Waals surface area contributed by atoms with E-state index in [4.69, 9.17) is 27.6 Å². The van der Waals surface area contributed by atoms with Crippen molar-refractivity contribution in [1.82, 2.24) is 10.2 Å². The molecule has 9 heteroatoms. The molecular formula is C20H15Cl2N3O2S2. The Kier molecular flexibility index (Phi) is 5.83. The van der Waals surface area contributed by atoms with Crippen molar-refractivity contribution >= 4 is 68.0 Å². The molecule has 2 heterocycles. The number of thioether (sulfide) groups is 1. The van der Waals surface area contributed by atoms with Crippen LogP contribution in [0.3, 0.4) is 0 Å². The molecular weight excluding hydrogens is 449 g/mol. The van der Waals surface area contributed by atoms with Gasteiger partial charge in [0, 0.05) is 10.1 Å². The largest absolute Gasteiger partial charge is 0.410 e. The van der Waals surface area contributed by atoms with Gasteiger partial charge in [0.25, 0.3) is 11.1 Å². The Morgan fingerprint density at radius 2 is 2.00 bits per heavy atom. The van der Waals surface area contributed by atoms with E-state index in [-0.39, 0.29) is 11.7 Å². The smallest absolute Gasteiger partial charge is 0.277 e. The minimum absolute atomic E-state index is 0.116. The number of thiophene rings is 1. The number of nitrogens with zero attached hydrogens (tertiary/aromatic N) is 2. The zero-order chi connectivity index (χ0) is 20.5. The molecule has 0 saturated carbocycles. The molecule has 4 rings (SSSR count). The van der Waals surface area contributed by atoms with E-state index in [1.165, 1.54) is 11.3 Å². The monoisotopic (exact) mass is 463 g/mol. The van der Waals surface area contributed by atoms with Gasteiger partial charge in [-0.1, -0.05) is 59.2 Å². The number of amides is 1. The maximum absolute atomic E-state index is 12.3. The van der Waals surface area contributed by atoms with Crippen molar-refractivity contribution < 1.29 is 9.21 Å². The van der Waals surface area contributed by atoms with Gasteiger partial charge in [0.05, 0.1) is 21.5 Å². The molecule has 1 amide bonds. The SMILES string of the molecule is Cc1cc(C)c(NC(=O)CSc2nnc(-c3sc4ccccc4c3Cl)o2)c(Cl)c1. The summed E-state index contributed by atoms with van der Waals surface area (Å²) in [6.07, 6.45) is 0. The van der Waals surface area contributed by atoms with Gasteiger partial charge in [0.15, 0.2) is 0 Å². The molecule has 5 nitrogen and oxygen atoms in total. The second kappa shape index (κ2) is 8.36. The molecule has 0 spiro atoms. The number of fused-ring (bicyclic) bond motifs is 1. The van der Waals surface area contributed by atoms with Gasteiger partial charge in [-0.15, -0.1) is 21.5 Å². The highest BCUT2D eigenvalue weighted by Gasteiger charge is 2.18. The predicted octanol–water partition coefficient (Wildman–Crippen LogP) is 6.61. The summed E-state index contributed by atoms with van der Waals surface area (Å²) in [5, 5.41) is 13.3. The molecule has 148 valence electrons. The van der Waals surface area contributed by atoms with Crippen LogP contribution in [0.25, 0.3) is 20.9 Å². The molecule has 0 aliphatic heterocycles. The number of hydrogen-bond donors (Lipinski definition) is 1. The van der Waals surface area contributed by atoms with Gasteiger partial charge < -0.3 is 9.73 Å². The summed E-state index contributed by atoms with van der Waals surface area (Å²) in [6.45, 7) is 3.86. The summed E-state index contributed by atoms with van der Waals surface area (Å²) < 4.78 is 6.75. The lowest BCUT2D eigenvalue weighted by atomic mass is 10.1. The van der Waals surface area contributed by atoms with Crippen molar-refractivity contribution in [2.24, 2.45) is 0 Å². The summed E-state index contributed by atoms with van der Waals surface area (Å²) in [7, 11) is 0. The highest BCUT2D eigenvalue weighted by Crippen LogP contribution is 2.41. The summed E-state index contributed by atoms with van der Waals surface area (Å²) in [5.74, 6) is 0.255. The minimum Gasteiger partial charge on any atom is -0.410 e. The van der Waals surface area contributed by atoms with Gasteiger partial charge in [-0.25, -0.2) is 0 Å². The Bertz CT molecular complexity index is 1200. The lowest BCUT2D eigenvalue weighted by molar-refractivity contribution is -0.113. The fraction of sp³-hybridized carbons (Fsp3) is 0.150. The normalized spacial score (nSPS) is 11.2. The first-order valence-corrected chi connectivity index (χ1v) is 11.2. The van der Waals surface area contributed by atoms with Crippen LogP contribution in [-0.4, -0.2) is 21.9 Å². The van der Waals surface area contributed by atoms with E-state index in [1.54, 1.807) is 0 Å². The first-order chi connectivity index (χ1) is 13.9. The lowest BCUT2D eigenvalue weighted by Gasteiger charge is -2.11. The maximum atomic E-state index is 12.3. The average molecular weight is 464 g/mol. The van der Waals surface area contributed by atoms with Crippen LogP contribution in [0.15, 0.2) is 46.0 Å². The number of rotatable bonds is 5. The van der Waals surface area contributed by atoms with Crippen molar-refractivity contribution in [3.8, 4) is 10.8 Å². The van der Waals surface area contributed by atoms with Crippen molar-refractivity contribution in [3.63, 3.8) is 0 Å². The Balaban J connectivity index is 1.44. The predicted molar refractivity (Wildman–Crippen MR) is 120 cm³/mol. The lowest BCUT2D eigenvalue weighted by Crippen LogP contribution is -2.15. The van der Waals surface area contributed by atoms with E-state index in [1.807, 2.05) is 50.2 Å². The third-order valence-electron chi connectivity index (χ3n) is 4.16. The Morgan fingerprint density at radius 1 is 1.21 bits per heavy atom. The first kappa shape index (κ1) is 20.2. The molecule has 2 aromatic heterocycles. The van der Waals surface area contributed by atoms with Crippen LogP contribution in [0.4, 0.5) is 5.69 Å². The second-order valence-corrected chi connectivity index (χ2v) is 9.15. The number of aryl methyl sites for hydroxylation is 2. The molecule has 0 radical (unpaired) electrons. The molecule has 0 fully saturated rings. The van der Waals surface area contributed by atoms with E-state index in [2.05, 4.69) is 15.5 Å². The molecule has 0 unspecified atom stereocenters. The van der Waals surface area contributed by atoms with Gasteiger partial charge in [-0.3, -0.25) is 4.79 Å². The van der Waals surface area contributed by atoms with Crippen LogP contribution in [0.1, 0.15) is 11.1 Å². The first-order valence-electron chi connectivity index (χ1n) is 8.62. The summed E-state index contributed by atoms with van der Waals surface area (Å²) in [4.78, 5) is 13.0. The highest BCUT2D eigenvalue weighted by molar-refractivity contribution is 7.99. The van der Waals surface area contributed by atoms with E-state index in [9.17, 15) is 4.79 Å². The summed E-state index contributed by atoms with van der Waals surface area (Å²) in [6, 6.07) is 11.6. The number of anilines is 1. The Morgan fingerprint density at radius 3 is 2.76 bits per heavy atom.